The number of hydrogen-bond acceptors (Lipinski definition) is 7. The third kappa shape index (κ3) is 3.50. The van der Waals surface area contributed by atoms with Gasteiger partial charge in [-0.1, -0.05) is 11.3 Å². The number of hydrogen-bond donors (Lipinski definition) is 1. The highest BCUT2D eigenvalue weighted by molar-refractivity contribution is 7.22. The van der Waals surface area contributed by atoms with Crippen molar-refractivity contribution in [2.45, 2.75) is 0 Å². The highest BCUT2D eigenvalue weighted by atomic mass is 32.1. The highest BCUT2D eigenvalue weighted by Gasteiger charge is 2.34. The zero-order valence-corrected chi connectivity index (χ0v) is 16.3. The molecule has 144 valence electrons. The fraction of sp³-hybridized carbons (Fsp3) is 0.250. The van der Waals surface area contributed by atoms with Crippen molar-refractivity contribution in [3.63, 3.8) is 0 Å². The molecule has 7 nitrogen and oxygen atoms in total. The van der Waals surface area contributed by atoms with Crippen molar-refractivity contribution in [2.75, 3.05) is 37.5 Å². The molecule has 0 spiro atoms. The minimum Gasteiger partial charge on any atom is -0.497 e. The number of nitrogens with zero attached hydrogens (tertiary/aromatic N) is 2. The van der Waals surface area contributed by atoms with Crippen molar-refractivity contribution in [1.82, 2.24) is 4.98 Å². The Bertz CT molecular complexity index is 1030. The lowest BCUT2D eigenvalue weighted by Crippen LogP contribution is -2.52. The van der Waals surface area contributed by atoms with Gasteiger partial charge in [-0.25, -0.2) is 9.78 Å². The number of amides is 1. The summed E-state index contributed by atoms with van der Waals surface area (Å²) in [5, 5.41) is 3.80. The van der Waals surface area contributed by atoms with Crippen LogP contribution in [0.25, 0.3) is 10.2 Å². The number of nitrogens with one attached hydrogen (secondary N) is 1. The summed E-state index contributed by atoms with van der Waals surface area (Å²) < 4.78 is 11.0. The van der Waals surface area contributed by atoms with Gasteiger partial charge in [-0.15, -0.1) is 0 Å². The topological polar surface area (TPSA) is 80.8 Å². The van der Waals surface area contributed by atoms with Gasteiger partial charge in [0.15, 0.2) is 5.13 Å². The van der Waals surface area contributed by atoms with E-state index in [1.54, 1.807) is 42.7 Å². The molecule has 2 aromatic carbocycles. The van der Waals surface area contributed by atoms with Gasteiger partial charge in [0.1, 0.15) is 5.75 Å². The van der Waals surface area contributed by atoms with Crippen LogP contribution in [0.5, 0.6) is 5.75 Å². The molecule has 4 rings (SSSR count). The van der Waals surface area contributed by atoms with E-state index in [1.807, 2.05) is 18.2 Å². The third-order valence-electron chi connectivity index (χ3n) is 4.68. The Balaban J connectivity index is 1.35. The molecular weight excluding hydrogens is 378 g/mol. The van der Waals surface area contributed by atoms with E-state index in [2.05, 4.69) is 19.9 Å². The Kier molecular flexibility index (Phi) is 4.87. The molecule has 3 aromatic rings. The summed E-state index contributed by atoms with van der Waals surface area (Å²) in [4.78, 5) is 30.6. The smallest absolute Gasteiger partial charge is 0.337 e. The summed E-state index contributed by atoms with van der Waals surface area (Å²) >= 11 is 1.59. The van der Waals surface area contributed by atoms with Gasteiger partial charge in [-0.2, -0.15) is 0 Å². The molecule has 1 amide bonds. The Labute approximate surface area is 165 Å². The molecule has 0 aliphatic carbocycles. The number of rotatable bonds is 5. The molecule has 1 aliphatic rings. The molecular formula is C20H19N3O4S. The number of carbonyl (C=O) groups excluding carboxylic acids is 2. The Morgan fingerprint density at radius 3 is 2.57 bits per heavy atom. The van der Waals surface area contributed by atoms with E-state index in [1.165, 1.54) is 7.11 Å². The first kappa shape index (κ1) is 18.2. The van der Waals surface area contributed by atoms with E-state index >= 15 is 0 Å². The number of ether oxygens (including phenoxy) is 2. The Hall–Kier alpha value is -3.13. The second-order valence-corrected chi connectivity index (χ2v) is 7.50. The van der Waals surface area contributed by atoms with E-state index < -0.39 is 5.97 Å². The first-order chi connectivity index (χ1) is 13.6. The van der Waals surface area contributed by atoms with Gasteiger partial charge in [-0.3, -0.25) is 4.79 Å². The van der Waals surface area contributed by atoms with E-state index in [0.717, 1.165) is 21.1 Å². The Morgan fingerprint density at radius 1 is 1.14 bits per heavy atom. The molecule has 0 bridgehead atoms. The van der Waals surface area contributed by atoms with Crippen LogP contribution in [-0.4, -0.2) is 44.2 Å². The van der Waals surface area contributed by atoms with Crippen LogP contribution in [0.2, 0.25) is 0 Å². The normalized spacial score (nSPS) is 13.9. The van der Waals surface area contributed by atoms with Crippen LogP contribution in [-0.2, 0) is 9.53 Å². The predicted molar refractivity (Wildman–Crippen MR) is 108 cm³/mol. The maximum absolute atomic E-state index is 12.4. The SMILES string of the molecule is COC(=O)c1ccc(NC(=O)C2CN(c3nc4ccc(OC)cc4s3)C2)cc1. The maximum atomic E-state index is 12.4. The minimum absolute atomic E-state index is 0.0372. The third-order valence-corrected chi connectivity index (χ3v) is 5.76. The molecule has 1 N–H and O–H groups in total. The summed E-state index contributed by atoms with van der Waals surface area (Å²) in [7, 11) is 2.98. The molecule has 2 heterocycles. The van der Waals surface area contributed by atoms with Gasteiger partial charge in [0.25, 0.3) is 0 Å². The van der Waals surface area contributed by atoms with Crippen molar-refractivity contribution in [3.05, 3.63) is 48.0 Å². The second-order valence-electron chi connectivity index (χ2n) is 6.49. The largest absolute Gasteiger partial charge is 0.497 e. The zero-order chi connectivity index (χ0) is 19.7. The lowest BCUT2D eigenvalue weighted by atomic mass is 10.00. The molecule has 0 radical (unpaired) electrons. The number of anilines is 2. The molecule has 1 aromatic heterocycles. The number of fused-ring (bicyclic) bond motifs is 1. The molecule has 1 aliphatic heterocycles. The lowest BCUT2D eigenvalue weighted by molar-refractivity contribution is -0.120. The molecule has 28 heavy (non-hydrogen) atoms. The van der Waals surface area contributed by atoms with Crippen LogP contribution >= 0.6 is 11.3 Å². The molecule has 1 saturated heterocycles. The minimum atomic E-state index is -0.402. The quantitative estimate of drug-likeness (QED) is 0.666. The van der Waals surface area contributed by atoms with Gasteiger partial charge < -0.3 is 19.7 Å². The predicted octanol–water partition coefficient (Wildman–Crippen LogP) is 3.17. The van der Waals surface area contributed by atoms with E-state index in [-0.39, 0.29) is 11.8 Å². The van der Waals surface area contributed by atoms with Crippen LogP contribution < -0.4 is 15.0 Å². The fourth-order valence-corrected chi connectivity index (χ4v) is 4.02. The zero-order valence-electron chi connectivity index (χ0n) is 15.5. The van der Waals surface area contributed by atoms with Gasteiger partial charge >= 0.3 is 5.97 Å². The standard InChI is InChI=1S/C20H19N3O4S/c1-26-15-7-8-16-17(9-15)28-20(22-16)23-10-13(11-23)18(24)21-14-5-3-12(4-6-14)19(25)27-2/h3-9,13H,10-11H2,1-2H3,(H,21,24). The van der Waals surface area contributed by atoms with Crippen LogP contribution in [0.3, 0.4) is 0 Å². The number of esters is 1. The molecule has 0 saturated carbocycles. The number of thiazole rings is 1. The van der Waals surface area contributed by atoms with Crippen LogP contribution in [0.15, 0.2) is 42.5 Å². The van der Waals surface area contributed by atoms with E-state index in [4.69, 9.17) is 4.74 Å². The molecule has 8 heteroatoms. The average Bonchev–Trinajstić information content (AvgIpc) is 3.09. The number of carbonyl (C=O) groups is 2. The van der Waals surface area contributed by atoms with Gasteiger partial charge in [0.2, 0.25) is 5.91 Å². The molecule has 1 fully saturated rings. The molecule has 0 unspecified atom stereocenters. The maximum Gasteiger partial charge on any atom is 0.337 e. The molecule has 0 atom stereocenters. The fourth-order valence-electron chi connectivity index (χ4n) is 3.01. The van der Waals surface area contributed by atoms with E-state index in [9.17, 15) is 9.59 Å². The van der Waals surface area contributed by atoms with Gasteiger partial charge in [0, 0.05) is 18.8 Å². The van der Waals surface area contributed by atoms with Crippen molar-refractivity contribution >= 4 is 44.2 Å². The number of aromatic nitrogens is 1. The van der Waals surface area contributed by atoms with Gasteiger partial charge in [-0.05, 0) is 42.5 Å². The van der Waals surface area contributed by atoms with Crippen molar-refractivity contribution < 1.29 is 19.1 Å². The van der Waals surface area contributed by atoms with Crippen molar-refractivity contribution in [1.29, 1.82) is 0 Å². The lowest BCUT2D eigenvalue weighted by Gasteiger charge is -2.37. The summed E-state index contributed by atoms with van der Waals surface area (Å²) in [5.74, 6) is 0.273. The highest BCUT2D eigenvalue weighted by Crippen LogP contribution is 2.34. The Morgan fingerprint density at radius 2 is 1.89 bits per heavy atom. The summed E-state index contributed by atoms with van der Waals surface area (Å²) in [6.07, 6.45) is 0. The average molecular weight is 397 g/mol. The summed E-state index contributed by atoms with van der Waals surface area (Å²) in [5.41, 5.74) is 2.03. The first-order valence-electron chi connectivity index (χ1n) is 8.76. The second kappa shape index (κ2) is 7.47. The van der Waals surface area contributed by atoms with Crippen molar-refractivity contribution in [3.8, 4) is 5.75 Å². The monoisotopic (exact) mass is 397 g/mol. The van der Waals surface area contributed by atoms with Crippen LogP contribution in [0, 0.1) is 5.92 Å². The van der Waals surface area contributed by atoms with Crippen LogP contribution in [0.1, 0.15) is 10.4 Å². The van der Waals surface area contributed by atoms with Crippen molar-refractivity contribution in [2.24, 2.45) is 5.92 Å². The van der Waals surface area contributed by atoms with Crippen LogP contribution in [0.4, 0.5) is 10.8 Å². The first-order valence-corrected chi connectivity index (χ1v) is 9.58. The number of methoxy groups -OCH3 is 2. The van der Waals surface area contributed by atoms with E-state index in [0.29, 0.717) is 24.3 Å². The van der Waals surface area contributed by atoms with Gasteiger partial charge in [0.05, 0.1) is 35.9 Å². The summed E-state index contributed by atoms with van der Waals surface area (Å²) in [6, 6.07) is 12.5. The summed E-state index contributed by atoms with van der Waals surface area (Å²) in [6.45, 7) is 1.26. The number of benzene rings is 2.